The fourth-order valence-corrected chi connectivity index (χ4v) is 0.973. The molecular weight excluding hydrogens is 184 g/mol. The van der Waals surface area contributed by atoms with Gasteiger partial charge >= 0.3 is 5.97 Å². The highest BCUT2D eigenvalue weighted by atomic mass is 16.6. The van der Waals surface area contributed by atoms with Gasteiger partial charge < -0.3 is 14.6 Å². The van der Waals surface area contributed by atoms with Gasteiger partial charge in [-0.05, 0) is 13.3 Å². The molecule has 0 spiro atoms. The van der Waals surface area contributed by atoms with Gasteiger partial charge in [-0.3, -0.25) is 4.79 Å². The molecular formula is C10H20O4. The Morgan fingerprint density at radius 3 is 2.57 bits per heavy atom. The first-order chi connectivity index (χ1) is 6.61. The Balaban J connectivity index is 3.63. The maximum atomic E-state index is 11.1. The van der Waals surface area contributed by atoms with Gasteiger partial charge in [0.05, 0.1) is 6.10 Å². The van der Waals surface area contributed by atoms with Crippen LogP contribution in [-0.2, 0) is 14.3 Å². The fraction of sp³-hybridized carbons (Fsp3) is 0.900. The minimum atomic E-state index is -0.626. The molecule has 1 N–H and O–H groups in total. The molecule has 0 aromatic carbocycles. The summed E-state index contributed by atoms with van der Waals surface area (Å²) in [6.07, 6.45) is 1.19. The Bertz CT molecular complexity index is 156. The first-order valence-corrected chi connectivity index (χ1v) is 4.98. The summed E-state index contributed by atoms with van der Waals surface area (Å²) >= 11 is 0. The summed E-state index contributed by atoms with van der Waals surface area (Å²) in [5, 5.41) is 9.18. The van der Waals surface area contributed by atoms with Crippen molar-refractivity contribution < 1.29 is 19.4 Å². The van der Waals surface area contributed by atoms with Crippen LogP contribution in [0.1, 0.15) is 33.1 Å². The highest BCUT2D eigenvalue weighted by Gasteiger charge is 2.15. The third-order valence-corrected chi connectivity index (χ3v) is 1.98. The molecule has 0 aromatic heterocycles. The minimum Gasteiger partial charge on any atom is -0.463 e. The normalized spacial score (nSPS) is 14.9. The van der Waals surface area contributed by atoms with E-state index >= 15 is 0 Å². The number of rotatable bonds is 7. The van der Waals surface area contributed by atoms with E-state index in [2.05, 4.69) is 0 Å². The molecule has 2 unspecified atom stereocenters. The lowest BCUT2D eigenvalue weighted by Gasteiger charge is -2.17. The maximum absolute atomic E-state index is 11.1. The SMILES string of the molecule is CCCCC(=O)OCC(OC)C(C)O. The predicted molar refractivity (Wildman–Crippen MR) is 53.0 cm³/mol. The van der Waals surface area contributed by atoms with Gasteiger partial charge in [-0.25, -0.2) is 0 Å². The van der Waals surface area contributed by atoms with E-state index in [1.54, 1.807) is 6.92 Å². The molecule has 0 fully saturated rings. The number of carbonyl (C=O) groups excluding carboxylic acids is 1. The van der Waals surface area contributed by atoms with Gasteiger partial charge in [-0.2, -0.15) is 0 Å². The van der Waals surface area contributed by atoms with E-state index in [1.165, 1.54) is 7.11 Å². The number of esters is 1. The van der Waals surface area contributed by atoms with E-state index in [0.29, 0.717) is 6.42 Å². The van der Waals surface area contributed by atoms with Gasteiger partial charge in [0.2, 0.25) is 0 Å². The molecule has 0 aliphatic carbocycles. The molecule has 0 rings (SSSR count). The van der Waals surface area contributed by atoms with Crippen molar-refractivity contribution in [2.24, 2.45) is 0 Å². The smallest absolute Gasteiger partial charge is 0.305 e. The average Bonchev–Trinajstić information content (AvgIpc) is 2.15. The summed E-state index contributed by atoms with van der Waals surface area (Å²) < 4.78 is 9.87. The summed E-state index contributed by atoms with van der Waals surface area (Å²) in [6.45, 7) is 3.74. The van der Waals surface area contributed by atoms with Crippen LogP contribution in [0.15, 0.2) is 0 Å². The molecule has 14 heavy (non-hydrogen) atoms. The molecule has 0 radical (unpaired) electrons. The van der Waals surface area contributed by atoms with Crippen molar-refractivity contribution in [2.75, 3.05) is 13.7 Å². The summed E-state index contributed by atoms with van der Waals surface area (Å²) in [6, 6.07) is 0. The number of hydrogen-bond acceptors (Lipinski definition) is 4. The average molecular weight is 204 g/mol. The third-order valence-electron chi connectivity index (χ3n) is 1.98. The van der Waals surface area contributed by atoms with E-state index in [9.17, 15) is 9.90 Å². The lowest BCUT2D eigenvalue weighted by molar-refractivity contribution is -0.149. The second-order valence-corrected chi connectivity index (χ2v) is 3.30. The van der Waals surface area contributed by atoms with Crippen LogP contribution in [-0.4, -0.2) is 37.0 Å². The van der Waals surface area contributed by atoms with Crippen molar-refractivity contribution in [3.05, 3.63) is 0 Å². The standard InChI is InChI=1S/C10H20O4/c1-4-5-6-10(12)14-7-9(13-3)8(2)11/h8-9,11H,4-7H2,1-3H3. The minimum absolute atomic E-state index is 0.122. The summed E-state index contributed by atoms with van der Waals surface area (Å²) in [5.41, 5.74) is 0. The topological polar surface area (TPSA) is 55.8 Å². The van der Waals surface area contributed by atoms with E-state index in [-0.39, 0.29) is 12.6 Å². The molecule has 4 heteroatoms. The summed E-state index contributed by atoms with van der Waals surface area (Å²) in [4.78, 5) is 11.1. The quantitative estimate of drug-likeness (QED) is 0.631. The molecule has 0 aromatic rings. The largest absolute Gasteiger partial charge is 0.463 e. The van der Waals surface area contributed by atoms with Gasteiger partial charge in [0.25, 0.3) is 0 Å². The number of methoxy groups -OCH3 is 1. The Morgan fingerprint density at radius 1 is 1.50 bits per heavy atom. The van der Waals surface area contributed by atoms with Crippen molar-refractivity contribution in [1.82, 2.24) is 0 Å². The zero-order chi connectivity index (χ0) is 11.0. The van der Waals surface area contributed by atoms with Gasteiger partial charge in [-0.1, -0.05) is 13.3 Å². The van der Waals surface area contributed by atoms with Crippen molar-refractivity contribution in [2.45, 2.75) is 45.3 Å². The van der Waals surface area contributed by atoms with Gasteiger partial charge in [0, 0.05) is 13.5 Å². The highest BCUT2D eigenvalue weighted by Crippen LogP contribution is 2.01. The molecule has 0 aliphatic rings. The Hall–Kier alpha value is -0.610. The van der Waals surface area contributed by atoms with Crippen molar-refractivity contribution in [3.63, 3.8) is 0 Å². The van der Waals surface area contributed by atoms with Crippen LogP contribution >= 0.6 is 0 Å². The zero-order valence-electron chi connectivity index (χ0n) is 9.16. The van der Waals surface area contributed by atoms with Gasteiger partial charge in [-0.15, -0.1) is 0 Å². The molecule has 4 nitrogen and oxygen atoms in total. The highest BCUT2D eigenvalue weighted by molar-refractivity contribution is 5.69. The third kappa shape index (κ3) is 5.94. The Morgan fingerprint density at radius 2 is 2.14 bits per heavy atom. The van der Waals surface area contributed by atoms with Gasteiger partial charge in [0.1, 0.15) is 12.7 Å². The van der Waals surface area contributed by atoms with Gasteiger partial charge in [0.15, 0.2) is 0 Å². The van der Waals surface area contributed by atoms with E-state index in [1.807, 2.05) is 6.92 Å². The van der Waals surface area contributed by atoms with Crippen molar-refractivity contribution >= 4 is 5.97 Å². The molecule has 0 saturated carbocycles. The van der Waals surface area contributed by atoms with Crippen LogP contribution < -0.4 is 0 Å². The molecule has 0 aliphatic heterocycles. The van der Waals surface area contributed by atoms with Crippen LogP contribution in [0.25, 0.3) is 0 Å². The molecule has 0 heterocycles. The number of aliphatic hydroxyl groups excluding tert-OH is 1. The molecule has 0 saturated heterocycles. The van der Waals surface area contributed by atoms with Crippen LogP contribution in [0.4, 0.5) is 0 Å². The number of hydrogen-bond donors (Lipinski definition) is 1. The molecule has 2 atom stereocenters. The lowest BCUT2D eigenvalue weighted by Crippen LogP contribution is -2.31. The number of carbonyl (C=O) groups is 1. The van der Waals surface area contributed by atoms with Crippen LogP contribution in [0, 0.1) is 0 Å². The first-order valence-electron chi connectivity index (χ1n) is 4.98. The number of unbranched alkanes of at least 4 members (excludes halogenated alkanes) is 1. The molecule has 0 amide bonds. The second-order valence-electron chi connectivity index (χ2n) is 3.30. The van der Waals surface area contributed by atoms with Crippen molar-refractivity contribution in [1.29, 1.82) is 0 Å². The summed E-state index contributed by atoms with van der Waals surface area (Å²) in [5.74, 6) is -0.227. The monoisotopic (exact) mass is 204 g/mol. The molecule has 84 valence electrons. The van der Waals surface area contributed by atoms with Crippen molar-refractivity contribution in [3.8, 4) is 0 Å². The predicted octanol–water partition coefficient (Wildman–Crippen LogP) is 1.12. The second kappa shape index (κ2) is 7.76. The van der Waals surface area contributed by atoms with E-state index in [4.69, 9.17) is 9.47 Å². The fourth-order valence-electron chi connectivity index (χ4n) is 0.973. The van der Waals surface area contributed by atoms with E-state index in [0.717, 1.165) is 12.8 Å². The number of ether oxygens (including phenoxy) is 2. The van der Waals surface area contributed by atoms with Crippen LogP contribution in [0.3, 0.4) is 0 Å². The molecule has 0 bridgehead atoms. The maximum Gasteiger partial charge on any atom is 0.305 e. The number of aliphatic hydroxyl groups is 1. The van der Waals surface area contributed by atoms with Crippen LogP contribution in [0.2, 0.25) is 0 Å². The Kier molecular flexibility index (Phi) is 7.42. The lowest BCUT2D eigenvalue weighted by atomic mass is 10.2. The Labute approximate surface area is 85.2 Å². The first kappa shape index (κ1) is 13.4. The zero-order valence-corrected chi connectivity index (χ0v) is 9.16. The van der Waals surface area contributed by atoms with E-state index < -0.39 is 12.2 Å². The summed E-state index contributed by atoms with van der Waals surface area (Å²) in [7, 11) is 1.48. The van der Waals surface area contributed by atoms with Crippen LogP contribution in [0.5, 0.6) is 0 Å².